The van der Waals surface area contributed by atoms with Crippen molar-refractivity contribution in [1.29, 1.82) is 0 Å². The Balaban J connectivity index is 0.00000193. The molecule has 10 heteroatoms. The minimum absolute atomic E-state index is 0. The summed E-state index contributed by atoms with van der Waals surface area (Å²) in [5, 5.41) is 8.99. The summed E-state index contributed by atoms with van der Waals surface area (Å²) in [7, 11) is 0. The number of rotatable bonds is 8. The Morgan fingerprint density at radius 3 is 2.52 bits per heavy atom. The highest BCUT2D eigenvalue weighted by molar-refractivity contribution is 7.19. The Morgan fingerprint density at radius 2 is 1.82 bits per heavy atom. The fraction of sp³-hybridized carbons (Fsp3) is 0.435. The zero-order chi connectivity index (χ0) is 21.6. The Bertz CT molecular complexity index is 1050. The van der Waals surface area contributed by atoms with Crippen LogP contribution in [0.3, 0.4) is 0 Å². The van der Waals surface area contributed by atoms with E-state index in [-0.39, 0.29) is 36.4 Å². The molecule has 1 aliphatic heterocycles. The molecule has 1 N–H and O–H groups in total. The molecule has 1 aliphatic rings. The molecular weight excluding hydrogens is 481 g/mol. The minimum Gasteiger partial charge on any atom is -0.379 e. The first kappa shape index (κ1) is 27.3. The summed E-state index contributed by atoms with van der Waals surface area (Å²) >= 11 is 1.59. The van der Waals surface area contributed by atoms with Crippen molar-refractivity contribution in [2.24, 2.45) is 0 Å². The van der Waals surface area contributed by atoms with E-state index in [0.717, 1.165) is 72.8 Å². The summed E-state index contributed by atoms with van der Waals surface area (Å²) in [6, 6.07) is 13.5. The van der Waals surface area contributed by atoms with Crippen molar-refractivity contribution in [1.82, 2.24) is 19.7 Å². The predicted octanol–water partition coefficient (Wildman–Crippen LogP) is 4.59. The number of halogens is 2. The van der Waals surface area contributed by atoms with E-state index in [2.05, 4.69) is 27.4 Å². The van der Waals surface area contributed by atoms with Gasteiger partial charge in [-0.3, -0.25) is 9.69 Å². The number of thiazole rings is 1. The molecule has 2 aromatic heterocycles. The van der Waals surface area contributed by atoms with Gasteiger partial charge >= 0.3 is 0 Å². The number of nitrogens with zero attached hydrogens (tertiary/aromatic N) is 4. The number of anilines is 1. The Hall–Kier alpha value is -1.97. The van der Waals surface area contributed by atoms with E-state index < -0.39 is 0 Å². The Morgan fingerprint density at radius 1 is 1.09 bits per heavy atom. The highest BCUT2D eigenvalue weighted by Crippen LogP contribution is 2.37. The number of hydrogen-bond donors (Lipinski definition) is 1. The summed E-state index contributed by atoms with van der Waals surface area (Å²) in [5.74, 6) is 0. The van der Waals surface area contributed by atoms with Crippen molar-refractivity contribution >= 4 is 41.3 Å². The van der Waals surface area contributed by atoms with Crippen LogP contribution >= 0.6 is 36.2 Å². The van der Waals surface area contributed by atoms with E-state index in [1.165, 1.54) is 4.68 Å². The highest BCUT2D eigenvalue weighted by Gasteiger charge is 2.18. The first-order chi connectivity index (χ1) is 15.1. The van der Waals surface area contributed by atoms with Gasteiger partial charge in [0.05, 0.1) is 29.8 Å². The maximum absolute atomic E-state index is 12.2. The van der Waals surface area contributed by atoms with Crippen molar-refractivity contribution in [3.05, 3.63) is 52.8 Å². The summed E-state index contributed by atoms with van der Waals surface area (Å²) in [4.78, 5) is 20.5. The number of hydrogen-bond acceptors (Lipinski definition) is 7. The van der Waals surface area contributed by atoms with Gasteiger partial charge in [-0.2, -0.15) is 5.10 Å². The topological polar surface area (TPSA) is 72.3 Å². The zero-order valence-corrected chi connectivity index (χ0v) is 21.3. The molecule has 0 bridgehead atoms. The Labute approximate surface area is 211 Å². The summed E-state index contributed by atoms with van der Waals surface area (Å²) < 4.78 is 6.94. The average Bonchev–Trinajstić information content (AvgIpc) is 3.22. The maximum atomic E-state index is 12.2. The molecule has 4 rings (SSSR count). The van der Waals surface area contributed by atoms with Gasteiger partial charge in [0, 0.05) is 31.3 Å². The lowest BCUT2D eigenvalue weighted by atomic mass is 10.1. The third-order valence-corrected chi connectivity index (χ3v) is 6.29. The van der Waals surface area contributed by atoms with Gasteiger partial charge in [-0.05, 0) is 32.9 Å². The lowest BCUT2D eigenvalue weighted by molar-refractivity contribution is 0.0378. The second kappa shape index (κ2) is 13.1. The van der Waals surface area contributed by atoms with E-state index in [1.807, 2.05) is 32.0 Å². The molecule has 0 spiro atoms. The molecule has 0 atom stereocenters. The maximum Gasteiger partial charge on any atom is 0.267 e. The van der Waals surface area contributed by atoms with Gasteiger partial charge in [-0.15, -0.1) is 24.8 Å². The average molecular weight is 513 g/mol. The molecule has 0 saturated carbocycles. The summed E-state index contributed by atoms with van der Waals surface area (Å²) in [6.07, 6.45) is 1.05. The number of ether oxygens (including phenoxy) is 1. The fourth-order valence-electron chi connectivity index (χ4n) is 3.60. The van der Waals surface area contributed by atoms with Crippen LogP contribution in [0.2, 0.25) is 0 Å². The zero-order valence-electron chi connectivity index (χ0n) is 18.9. The van der Waals surface area contributed by atoms with Crippen LogP contribution in [0.1, 0.15) is 26.3 Å². The number of aromatic nitrogens is 3. The van der Waals surface area contributed by atoms with Crippen LogP contribution in [0.15, 0.2) is 47.3 Å². The fourth-order valence-corrected chi connectivity index (χ4v) is 4.58. The van der Waals surface area contributed by atoms with E-state index in [9.17, 15) is 4.79 Å². The van der Waals surface area contributed by atoms with Crippen molar-refractivity contribution in [2.75, 3.05) is 44.7 Å². The molecule has 33 heavy (non-hydrogen) atoms. The van der Waals surface area contributed by atoms with Gasteiger partial charge in [0.1, 0.15) is 5.69 Å². The molecule has 0 unspecified atom stereocenters. The molecular formula is C23H31Cl2N5O2S. The van der Waals surface area contributed by atoms with Crippen LogP contribution < -0.4 is 10.9 Å². The molecule has 1 fully saturated rings. The van der Waals surface area contributed by atoms with E-state index in [1.54, 1.807) is 23.5 Å². The monoisotopic (exact) mass is 511 g/mol. The van der Waals surface area contributed by atoms with Crippen LogP contribution in [0.5, 0.6) is 0 Å². The largest absolute Gasteiger partial charge is 0.379 e. The Kier molecular flexibility index (Phi) is 10.8. The van der Waals surface area contributed by atoms with Crippen molar-refractivity contribution in [2.45, 2.75) is 26.3 Å². The normalized spacial score (nSPS) is 13.9. The summed E-state index contributed by atoms with van der Waals surface area (Å²) in [6.45, 7) is 9.52. The first-order valence-electron chi connectivity index (χ1n) is 10.8. The third-order valence-electron chi connectivity index (χ3n) is 5.25. The van der Waals surface area contributed by atoms with Gasteiger partial charge in [0.25, 0.3) is 5.56 Å². The first-order valence-corrected chi connectivity index (χ1v) is 11.6. The molecule has 0 amide bonds. The molecule has 7 nitrogen and oxygen atoms in total. The van der Waals surface area contributed by atoms with Gasteiger partial charge in [-0.1, -0.05) is 41.7 Å². The second-order valence-corrected chi connectivity index (χ2v) is 8.89. The van der Waals surface area contributed by atoms with Crippen molar-refractivity contribution in [3.8, 4) is 21.8 Å². The highest BCUT2D eigenvalue weighted by atomic mass is 35.5. The minimum atomic E-state index is -0.0917. The van der Waals surface area contributed by atoms with Crippen molar-refractivity contribution in [3.63, 3.8) is 0 Å². The molecule has 3 aromatic rings. The number of nitrogens with one attached hydrogen (secondary N) is 1. The molecule has 3 heterocycles. The van der Waals surface area contributed by atoms with Crippen LogP contribution in [0.4, 0.5) is 5.13 Å². The van der Waals surface area contributed by atoms with Gasteiger partial charge < -0.3 is 10.1 Å². The van der Waals surface area contributed by atoms with Crippen LogP contribution in [-0.4, -0.2) is 59.1 Å². The van der Waals surface area contributed by atoms with Gasteiger partial charge in [0.2, 0.25) is 0 Å². The van der Waals surface area contributed by atoms with Crippen LogP contribution in [0, 0.1) is 0 Å². The van der Waals surface area contributed by atoms with E-state index >= 15 is 0 Å². The number of morpholine rings is 1. The SMILES string of the molecule is CC(C)n1nc(-c2sc(NCCCN3CCOCC3)nc2-c2ccccc2)ccc1=O.Cl.Cl. The van der Waals surface area contributed by atoms with Crippen LogP contribution in [-0.2, 0) is 4.74 Å². The number of benzene rings is 1. The smallest absolute Gasteiger partial charge is 0.267 e. The molecule has 180 valence electrons. The predicted molar refractivity (Wildman–Crippen MR) is 140 cm³/mol. The molecule has 1 aromatic carbocycles. The van der Waals surface area contributed by atoms with Gasteiger partial charge in [0.15, 0.2) is 5.13 Å². The van der Waals surface area contributed by atoms with E-state index in [4.69, 9.17) is 9.72 Å². The lowest BCUT2D eigenvalue weighted by Crippen LogP contribution is -2.37. The second-order valence-electron chi connectivity index (χ2n) is 7.89. The van der Waals surface area contributed by atoms with Gasteiger partial charge in [-0.25, -0.2) is 9.67 Å². The lowest BCUT2D eigenvalue weighted by Gasteiger charge is -2.26. The summed E-state index contributed by atoms with van der Waals surface area (Å²) in [5.41, 5.74) is 2.61. The standard InChI is InChI=1S/C23H29N5O2S.2ClH/c1-17(2)28-20(29)10-9-19(26-28)22-21(18-7-4-3-5-8-18)25-23(31-22)24-11-6-12-27-13-15-30-16-14-27;;/h3-5,7-10,17H,6,11-16H2,1-2H3,(H,24,25);2*1H. The van der Waals surface area contributed by atoms with E-state index in [0.29, 0.717) is 0 Å². The quantitative estimate of drug-likeness (QED) is 0.445. The third kappa shape index (κ3) is 7.01. The van der Waals surface area contributed by atoms with Crippen LogP contribution in [0.25, 0.3) is 21.8 Å². The molecule has 0 radical (unpaired) electrons. The molecule has 0 aliphatic carbocycles. The molecule has 1 saturated heterocycles. The van der Waals surface area contributed by atoms with Crippen molar-refractivity contribution < 1.29 is 4.74 Å².